The number of rotatable bonds is 5. The Labute approximate surface area is 193 Å². The van der Waals surface area contributed by atoms with Gasteiger partial charge in [0, 0.05) is 31.7 Å². The lowest BCUT2D eigenvalue weighted by Gasteiger charge is -2.29. The van der Waals surface area contributed by atoms with Crippen molar-refractivity contribution in [3.63, 3.8) is 0 Å². The summed E-state index contributed by atoms with van der Waals surface area (Å²) in [5.41, 5.74) is 0.362. The summed E-state index contributed by atoms with van der Waals surface area (Å²) in [7, 11) is 0. The van der Waals surface area contributed by atoms with E-state index in [4.69, 9.17) is 0 Å². The molecule has 0 amide bonds. The fourth-order valence-corrected chi connectivity index (χ4v) is 4.07. The van der Waals surface area contributed by atoms with E-state index in [1.165, 1.54) is 16.9 Å². The maximum atomic E-state index is 12.9. The lowest BCUT2D eigenvalue weighted by molar-refractivity contribution is -0.137. The molecule has 0 atom stereocenters. The Hall–Kier alpha value is -3.87. The first kappa shape index (κ1) is 23.3. The van der Waals surface area contributed by atoms with Gasteiger partial charge in [0.25, 0.3) is 0 Å². The minimum Gasteiger partial charge on any atom is -0.300 e. The molecule has 0 N–H and O–H groups in total. The second-order valence-electron chi connectivity index (χ2n) is 8.34. The average molecular weight is 467 g/mol. The normalized spacial score (nSPS) is 15.7. The van der Waals surface area contributed by atoms with Crippen molar-refractivity contribution >= 4 is 11.6 Å². The van der Waals surface area contributed by atoms with Crippen molar-refractivity contribution in [2.45, 2.75) is 50.6 Å². The van der Waals surface area contributed by atoms with Crippen LogP contribution in [-0.4, -0.2) is 31.3 Å². The van der Waals surface area contributed by atoms with Crippen LogP contribution < -0.4 is 0 Å². The van der Waals surface area contributed by atoms with Gasteiger partial charge in [-0.1, -0.05) is 6.07 Å². The summed E-state index contributed by atoms with van der Waals surface area (Å²) in [4.78, 5) is 32.7. The van der Waals surface area contributed by atoms with Crippen molar-refractivity contribution in [1.82, 2.24) is 19.7 Å². The number of nitrogens with zero attached hydrogens (tertiary/aromatic N) is 5. The molecule has 0 saturated heterocycles. The molecule has 7 nitrogen and oxygen atoms in total. The maximum absolute atomic E-state index is 12.9. The Kier molecular flexibility index (Phi) is 6.04. The summed E-state index contributed by atoms with van der Waals surface area (Å²) >= 11 is 0. The number of halogens is 3. The molecule has 1 saturated carbocycles. The van der Waals surface area contributed by atoms with Crippen LogP contribution in [0.2, 0.25) is 0 Å². The molecule has 34 heavy (non-hydrogen) atoms. The molecular weight excluding hydrogens is 447 g/mol. The molecule has 10 heteroatoms. The Bertz CT molecular complexity index is 1260. The van der Waals surface area contributed by atoms with Crippen LogP contribution >= 0.6 is 0 Å². The Morgan fingerprint density at radius 3 is 2.41 bits per heavy atom. The number of hydrogen-bond acceptors (Lipinski definition) is 6. The van der Waals surface area contributed by atoms with Crippen LogP contribution in [0.15, 0.2) is 42.9 Å². The summed E-state index contributed by atoms with van der Waals surface area (Å²) in [5.74, 6) is 0.0855. The third kappa shape index (κ3) is 4.46. The summed E-state index contributed by atoms with van der Waals surface area (Å²) in [6.07, 6.45) is 0.770. The fourth-order valence-electron chi connectivity index (χ4n) is 4.07. The van der Waals surface area contributed by atoms with Crippen LogP contribution in [0.1, 0.15) is 58.6 Å². The van der Waals surface area contributed by atoms with E-state index in [-0.39, 0.29) is 23.8 Å². The molecule has 0 aliphatic heterocycles. The van der Waals surface area contributed by atoms with E-state index < -0.39 is 17.2 Å². The van der Waals surface area contributed by atoms with Gasteiger partial charge < -0.3 is 0 Å². The molecule has 0 aromatic carbocycles. The number of nitriles is 1. The van der Waals surface area contributed by atoms with Crippen LogP contribution in [0.4, 0.5) is 13.2 Å². The smallest absolute Gasteiger partial charge is 0.300 e. The van der Waals surface area contributed by atoms with Crippen molar-refractivity contribution < 1.29 is 22.8 Å². The van der Waals surface area contributed by atoms with Gasteiger partial charge in [0.2, 0.25) is 0 Å². The molecule has 1 aliphatic carbocycles. The van der Waals surface area contributed by atoms with Gasteiger partial charge >= 0.3 is 6.18 Å². The number of pyridine rings is 2. The van der Waals surface area contributed by atoms with Crippen molar-refractivity contribution in [2.75, 3.05) is 0 Å². The molecule has 1 aliphatic rings. The number of carbonyl (C=O) groups excluding carboxylic acids is 2. The second kappa shape index (κ2) is 8.82. The first-order chi connectivity index (χ1) is 16.1. The molecule has 3 heterocycles. The van der Waals surface area contributed by atoms with Crippen molar-refractivity contribution in [3.8, 4) is 11.9 Å². The monoisotopic (exact) mass is 467 g/mol. The minimum absolute atomic E-state index is 0.0400. The number of alkyl halides is 3. The standard InChI is InChI=1S/C24H20F3N5O2/c1-15-19(13-31-32(15)22-5-3-17(12-30-22)24(25,26)27)20(34)10-16-2-4-21(29-11-16)23(14-28)8-6-18(33)7-9-23/h2-5,11-13H,6-10H2,1H3. The molecule has 0 unspecified atom stereocenters. The number of Topliss-reactive ketones (excluding diaryl/α,β-unsaturated/α-hetero) is 2. The highest BCUT2D eigenvalue weighted by atomic mass is 19.4. The third-order valence-electron chi connectivity index (χ3n) is 6.16. The van der Waals surface area contributed by atoms with Crippen molar-refractivity contribution in [3.05, 3.63) is 70.9 Å². The van der Waals surface area contributed by atoms with Crippen LogP contribution in [0.3, 0.4) is 0 Å². The van der Waals surface area contributed by atoms with E-state index in [0.717, 1.165) is 12.3 Å². The SMILES string of the molecule is Cc1c(C(=O)Cc2ccc(C3(C#N)CCC(=O)CC3)nc2)cnn1-c1ccc(C(F)(F)F)cn1. The number of ketones is 2. The van der Waals surface area contributed by atoms with E-state index in [1.807, 2.05) is 0 Å². The summed E-state index contributed by atoms with van der Waals surface area (Å²) in [6, 6.07) is 7.90. The average Bonchev–Trinajstić information content (AvgIpc) is 3.21. The molecule has 0 spiro atoms. The molecular formula is C24H20F3N5O2. The van der Waals surface area contributed by atoms with E-state index in [9.17, 15) is 28.0 Å². The van der Waals surface area contributed by atoms with Gasteiger partial charge in [-0.05, 0) is 43.5 Å². The summed E-state index contributed by atoms with van der Waals surface area (Å²) in [5, 5.41) is 13.8. The first-order valence-corrected chi connectivity index (χ1v) is 10.6. The minimum atomic E-state index is -4.49. The van der Waals surface area contributed by atoms with Crippen LogP contribution in [0, 0.1) is 18.3 Å². The Balaban J connectivity index is 1.49. The number of aromatic nitrogens is 4. The van der Waals surface area contributed by atoms with Gasteiger partial charge in [-0.25, -0.2) is 9.67 Å². The highest BCUT2D eigenvalue weighted by molar-refractivity contribution is 5.98. The molecule has 174 valence electrons. The topological polar surface area (TPSA) is 102 Å². The first-order valence-electron chi connectivity index (χ1n) is 10.6. The Morgan fingerprint density at radius 2 is 1.85 bits per heavy atom. The molecule has 3 aromatic rings. The maximum Gasteiger partial charge on any atom is 0.417 e. The van der Waals surface area contributed by atoms with Gasteiger partial charge in [-0.3, -0.25) is 14.6 Å². The highest BCUT2D eigenvalue weighted by Gasteiger charge is 2.38. The molecule has 1 fully saturated rings. The van der Waals surface area contributed by atoms with Crippen molar-refractivity contribution in [1.29, 1.82) is 5.26 Å². The highest BCUT2D eigenvalue weighted by Crippen LogP contribution is 2.36. The predicted octanol–water partition coefficient (Wildman–Crippen LogP) is 4.32. The van der Waals surface area contributed by atoms with E-state index >= 15 is 0 Å². The van der Waals surface area contributed by atoms with Gasteiger partial charge in [-0.15, -0.1) is 0 Å². The molecule has 3 aromatic heterocycles. The van der Waals surface area contributed by atoms with Gasteiger partial charge in [0.05, 0.1) is 34.8 Å². The van der Waals surface area contributed by atoms with Crippen LogP contribution in [-0.2, 0) is 22.8 Å². The van der Waals surface area contributed by atoms with Crippen LogP contribution in [0.25, 0.3) is 5.82 Å². The molecule has 0 radical (unpaired) electrons. The largest absolute Gasteiger partial charge is 0.417 e. The zero-order chi connectivity index (χ0) is 24.5. The van der Waals surface area contributed by atoms with Gasteiger partial charge in [-0.2, -0.15) is 23.5 Å². The van der Waals surface area contributed by atoms with E-state index in [2.05, 4.69) is 21.1 Å². The quantitative estimate of drug-likeness (QED) is 0.518. The fraction of sp³-hybridized carbons (Fsp3) is 0.333. The summed E-state index contributed by atoms with van der Waals surface area (Å²) in [6.45, 7) is 1.64. The summed E-state index contributed by atoms with van der Waals surface area (Å²) < 4.78 is 39.6. The number of hydrogen-bond donors (Lipinski definition) is 0. The van der Waals surface area contributed by atoms with Crippen LogP contribution in [0.5, 0.6) is 0 Å². The zero-order valence-corrected chi connectivity index (χ0v) is 18.3. The zero-order valence-electron chi connectivity index (χ0n) is 18.3. The van der Waals surface area contributed by atoms with E-state index in [0.29, 0.717) is 48.2 Å². The predicted molar refractivity (Wildman–Crippen MR) is 114 cm³/mol. The lowest BCUT2D eigenvalue weighted by Crippen LogP contribution is -2.31. The van der Waals surface area contributed by atoms with Gasteiger partial charge in [0.1, 0.15) is 11.2 Å². The number of carbonyl (C=O) groups is 2. The second-order valence-corrected chi connectivity index (χ2v) is 8.34. The Morgan fingerprint density at radius 1 is 1.12 bits per heavy atom. The molecule has 0 bridgehead atoms. The van der Waals surface area contributed by atoms with Crippen molar-refractivity contribution in [2.24, 2.45) is 0 Å². The third-order valence-corrected chi connectivity index (χ3v) is 6.16. The molecule has 4 rings (SSSR count). The lowest BCUT2D eigenvalue weighted by atomic mass is 9.72. The van der Waals surface area contributed by atoms with E-state index in [1.54, 1.807) is 25.3 Å². The van der Waals surface area contributed by atoms with Gasteiger partial charge in [0.15, 0.2) is 11.6 Å².